The van der Waals surface area contributed by atoms with Crippen LogP contribution in [0.1, 0.15) is 18.6 Å². The Labute approximate surface area is 140 Å². The van der Waals surface area contributed by atoms with Gasteiger partial charge in [-0.3, -0.25) is 9.69 Å². The van der Waals surface area contributed by atoms with E-state index in [1.165, 1.54) is 21.3 Å². The number of urea groups is 1. The number of aliphatic hydroxyl groups is 1. The second kappa shape index (κ2) is 7.06. The van der Waals surface area contributed by atoms with Gasteiger partial charge in [-0.1, -0.05) is 0 Å². The van der Waals surface area contributed by atoms with Crippen LogP contribution in [0, 0.1) is 0 Å². The molecule has 132 valence electrons. The molecule has 1 fully saturated rings. The van der Waals surface area contributed by atoms with Crippen molar-refractivity contribution in [3.8, 4) is 11.5 Å². The standard InChI is InChI=1S/C16H22N2O6/c1-16(9-22-2)14(20)18(15(21)17-16)8-12(19)11-7-10(23-3)5-6-13(11)24-4/h5-7,12,19H,8-9H2,1-4H3,(H,17,21)/t12-,16-/m1/s1. The summed E-state index contributed by atoms with van der Waals surface area (Å²) in [7, 11) is 4.43. The molecule has 1 aromatic rings. The predicted octanol–water partition coefficient (Wildman–Crippen LogP) is 0.694. The summed E-state index contributed by atoms with van der Waals surface area (Å²) in [6, 6.07) is 4.38. The maximum Gasteiger partial charge on any atom is 0.325 e. The van der Waals surface area contributed by atoms with E-state index in [9.17, 15) is 14.7 Å². The lowest BCUT2D eigenvalue weighted by molar-refractivity contribution is -0.133. The van der Waals surface area contributed by atoms with E-state index in [1.54, 1.807) is 25.1 Å². The zero-order valence-electron chi connectivity index (χ0n) is 14.2. The first-order chi connectivity index (χ1) is 11.4. The van der Waals surface area contributed by atoms with Crippen LogP contribution in [0.4, 0.5) is 4.79 Å². The summed E-state index contributed by atoms with van der Waals surface area (Å²) in [5, 5.41) is 13.1. The van der Waals surface area contributed by atoms with E-state index in [4.69, 9.17) is 14.2 Å². The number of β-amino-alcohol motifs (C(OH)–C–C–N with tert-alkyl or cyclic N) is 1. The molecule has 24 heavy (non-hydrogen) atoms. The number of nitrogens with one attached hydrogen (secondary N) is 1. The largest absolute Gasteiger partial charge is 0.497 e. The van der Waals surface area contributed by atoms with Crippen molar-refractivity contribution < 1.29 is 28.9 Å². The lowest BCUT2D eigenvalue weighted by Gasteiger charge is -2.22. The van der Waals surface area contributed by atoms with E-state index >= 15 is 0 Å². The molecular formula is C16H22N2O6. The second-order valence-corrected chi connectivity index (χ2v) is 5.73. The van der Waals surface area contributed by atoms with Gasteiger partial charge in [0.2, 0.25) is 0 Å². The number of imide groups is 1. The number of carbonyl (C=O) groups is 2. The molecule has 8 nitrogen and oxygen atoms in total. The van der Waals surface area contributed by atoms with Gasteiger partial charge in [0.25, 0.3) is 5.91 Å². The van der Waals surface area contributed by atoms with Gasteiger partial charge in [0.1, 0.15) is 23.1 Å². The number of nitrogens with zero attached hydrogens (tertiary/aromatic N) is 1. The van der Waals surface area contributed by atoms with Gasteiger partial charge in [0.15, 0.2) is 0 Å². The quantitative estimate of drug-likeness (QED) is 0.710. The summed E-state index contributed by atoms with van der Waals surface area (Å²) < 4.78 is 15.4. The number of aliphatic hydroxyl groups excluding tert-OH is 1. The van der Waals surface area contributed by atoms with Crippen molar-refractivity contribution in [1.29, 1.82) is 0 Å². The third-order valence-corrected chi connectivity index (χ3v) is 3.93. The van der Waals surface area contributed by atoms with Gasteiger partial charge in [-0.25, -0.2) is 4.79 Å². The first kappa shape index (κ1) is 18.0. The molecule has 1 heterocycles. The lowest BCUT2D eigenvalue weighted by Crippen LogP contribution is -2.48. The number of amides is 3. The van der Waals surface area contributed by atoms with E-state index in [1.807, 2.05) is 0 Å². The van der Waals surface area contributed by atoms with Crippen molar-refractivity contribution in [2.45, 2.75) is 18.6 Å². The third-order valence-electron chi connectivity index (χ3n) is 3.93. The summed E-state index contributed by atoms with van der Waals surface area (Å²) in [6.07, 6.45) is -1.12. The van der Waals surface area contributed by atoms with Gasteiger partial charge in [-0.15, -0.1) is 0 Å². The van der Waals surface area contributed by atoms with Crippen LogP contribution in [-0.2, 0) is 9.53 Å². The van der Waals surface area contributed by atoms with E-state index in [2.05, 4.69) is 5.32 Å². The molecule has 0 saturated carbocycles. The van der Waals surface area contributed by atoms with Gasteiger partial charge in [0.05, 0.1) is 27.4 Å². The smallest absolute Gasteiger partial charge is 0.325 e. The topological polar surface area (TPSA) is 97.3 Å². The van der Waals surface area contributed by atoms with Crippen LogP contribution in [0.3, 0.4) is 0 Å². The average molecular weight is 338 g/mol. The number of rotatable bonds is 7. The van der Waals surface area contributed by atoms with Crippen LogP contribution in [0.5, 0.6) is 11.5 Å². The molecule has 2 rings (SSSR count). The molecule has 2 N–H and O–H groups in total. The first-order valence-corrected chi connectivity index (χ1v) is 7.39. The Kier molecular flexibility index (Phi) is 5.30. The van der Waals surface area contributed by atoms with E-state index < -0.39 is 23.6 Å². The van der Waals surface area contributed by atoms with Crippen LogP contribution in [-0.4, -0.2) is 62.0 Å². The minimum Gasteiger partial charge on any atom is -0.497 e. The predicted molar refractivity (Wildman–Crippen MR) is 85.0 cm³/mol. The monoisotopic (exact) mass is 338 g/mol. The minimum atomic E-state index is -1.13. The Morgan fingerprint density at radius 2 is 1.96 bits per heavy atom. The highest BCUT2D eigenvalue weighted by Gasteiger charge is 2.48. The third kappa shape index (κ3) is 3.29. The molecule has 0 spiro atoms. The number of carbonyl (C=O) groups excluding carboxylic acids is 2. The number of ether oxygens (including phenoxy) is 3. The Morgan fingerprint density at radius 3 is 2.54 bits per heavy atom. The van der Waals surface area contributed by atoms with Gasteiger partial charge in [-0.2, -0.15) is 0 Å². The molecular weight excluding hydrogens is 316 g/mol. The molecule has 1 saturated heterocycles. The van der Waals surface area contributed by atoms with Gasteiger partial charge >= 0.3 is 6.03 Å². The summed E-state index contributed by atoms with van der Waals surface area (Å²) in [4.78, 5) is 25.5. The van der Waals surface area contributed by atoms with E-state index in [0.717, 1.165) is 4.90 Å². The second-order valence-electron chi connectivity index (χ2n) is 5.73. The number of methoxy groups -OCH3 is 3. The highest BCUT2D eigenvalue weighted by atomic mass is 16.5. The molecule has 1 aliphatic heterocycles. The van der Waals surface area contributed by atoms with Crippen molar-refractivity contribution in [3.05, 3.63) is 23.8 Å². The fourth-order valence-corrected chi connectivity index (χ4v) is 2.67. The van der Waals surface area contributed by atoms with Crippen LogP contribution >= 0.6 is 0 Å². The molecule has 0 aliphatic carbocycles. The molecule has 1 aromatic carbocycles. The van der Waals surface area contributed by atoms with E-state index in [0.29, 0.717) is 17.1 Å². The summed E-state index contributed by atoms with van der Waals surface area (Å²) in [5.74, 6) is 0.525. The van der Waals surface area contributed by atoms with Crippen molar-refractivity contribution in [3.63, 3.8) is 0 Å². The Bertz CT molecular complexity index is 635. The first-order valence-electron chi connectivity index (χ1n) is 7.39. The van der Waals surface area contributed by atoms with Gasteiger partial charge < -0.3 is 24.6 Å². The van der Waals surface area contributed by atoms with Crippen LogP contribution in [0.2, 0.25) is 0 Å². The Morgan fingerprint density at radius 1 is 1.25 bits per heavy atom. The summed E-state index contributed by atoms with van der Waals surface area (Å²) in [5.41, 5.74) is -0.706. The van der Waals surface area contributed by atoms with Gasteiger partial charge in [0, 0.05) is 12.7 Å². The van der Waals surface area contributed by atoms with Crippen LogP contribution in [0.25, 0.3) is 0 Å². The maximum absolute atomic E-state index is 12.5. The molecule has 8 heteroatoms. The molecule has 0 unspecified atom stereocenters. The fraction of sp³-hybridized carbons (Fsp3) is 0.500. The Hall–Kier alpha value is -2.32. The molecule has 2 atom stereocenters. The average Bonchev–Trinajstić information content (AvgIpc) is 2.77. The zero-order valence-corrected chi connectivity index (χ0v) is 14.2. The normalized spacial score (nSPS) is 21.6. The number of benzene rings is 1. The number of hydrogen-bond acceptors (Lipinski definition) is 6. The van der Waals surface area contributed by atoms with Crippen molar-refractivity contribution in [2.75, 3.05) is 34.5 Å². The maximum atomic E-state index is 12.5. The van der Waals surface area contributed by atoms with E-state index in [-0.39, 0.29) is 13.2 Å². The SMILES string of the molecule is COC[C@@]1(C)NC(=O)N(C[C@@H](O)c2cc(OC)ccc2OC)C1=O. The molecule has 1 aliphatic rings. The highest BCUT2D eigenvalue weighted by molar-refractivity contribution is 6.06. The molecule has 0 aromatic heterocycles. The van der Waals surface area contributed by atoms with Crippen LogP contribution < -0.4 is 14.8 Å². The zero-order chi connectivity index (χ0) is 17.9. The Balaban J connectivity index is 2.22. The fourth-order valence-electron chi connectivity index (χ4n) is 2.67. The van der Waals surface area contributed by atoms with Crippen LogP contribution in [0.15, 0.2) is 18.2 Å². The van der Waals surface area contributed by atoms with Crippen molar-refractivity contribution in [2.24, 2.45) is 0 Å². The highest BCUT2D eigenvalue weighted by Crippen LogP contribution is 2.31. The van der Waals surface area contributed by atoms with Crippen molar-refractivity contribution in [1.82, 2.24) is 10.2 Å². The summed E-state index contributed by atoms with van der Waals surface area (Å²) >= 11 is 0. The minimum absolute atomic E-state index is 0.0483. The number of hydrogen-bond donors (Lipinski definition) is 2. The van der Waals surface area contributed by atoms with Crippen molar-refractivity contribution >= 4 is 11.9 Å². The van der Waals surface area contributed by atoms with Gasteiger partial charge in [-0.05, 0) is 25.1 Å². The summed E-state index contributed by atoms with van der Waals surface area (Å²) in [6.45, 7) is 1.43. The molecule has 0 radical (unpaired) electrons. The molecule has 3 amide bonds. The molecule has 0 bridgehead atoms. The lowest BCUT2D eigenvalue weighted by atomic mass is 10.0.